The zero-order chi connectivity index (χ0) is 8.91. The maximum absolute atomic E-state index is 6.06. The van der Waals surface area contributed by atoms with Gasteiger partial charge >= 0.3 is 0 Å². The van der Waals surface area contributed by atoms with Crippen molar-refractivity contribution in [3.63, 3.8) is 0 Å². The van der Waals surface area contributed by atoms with Gasteiger partial charge in [-0.25, -0.2) is 0 Å². The van der Waals surface area contributed by atoms with E-state index >= 15 is 0 Å². The van der Waals surface area contributed by atoms with Crippen LogP contribution in [0.25, 0.3) is 0 Å². The lowest BCUT2D eigenvalue weighted by Gasteiger charge is -2.16. The van der Waals surface area contributed by atoms with Crippen LogP contribution in [-0.4, -0.2) is 4.87 Å². The van der Waals surface area contributed by atoms with E-state index in [4.69, 9.17) is 11.6 Å². The second kappa shape index (κ2) is 5.03. The molecule has 0 radical (unpaired) electrons. The standard InChI is InChI=1S/C10H21Cl/c1-5-9(2)7-6-8-10(3,4)11/h9H,5-8H2,1-4H3. The van der Waals surface area contributed by atoms with E-state index in [1.807, 2.05) is 0 Å². The molecule has 0 aliphatic carbocycles. The van der Waals surface area contributed by atoms with Crippen LogP contribution in [0.5, 0.6) is 0 Å². The lowest BCUT2D eigenvalue weighted by molar-refractivity contribution is 0.460. The minimum Gasteiger partial charge on any atom is -0.120 e. The van der Waals surface area contributed by atoms with Crippen molar-refractivity contribution in [3.8, 4) is 0 Å². The first kappa shape index (κ1) is 11.3. The Morgan fingerprint density at radius 3 is 2.27 bits per heavy atom. The molecule has 0 saturated heterocycles. The Bertz CT molecular complexity index is 91.5. The van der Waals surface area contributed by atoms with E-state index in [1.165, 1.54) is 19.3 Å². The van der Waals surface area contributed by atoms with E-state index < -0.39 is 0 Å². The molecule has 11 heavy (non-hydrogen) atoms. The van der Waals surface area contributed by atoms with Crippen molar-refractivity contribution in [2.45, 2.75) is 58.3 Å². The predicted molar refractivity (Wildman–Crippen MR) is 53.2 cm³/mol. The topological polar surface area (TPSA) is 0 Å². The summed E-state index contributed by atoms with van der Waals surface area (Å²) in [6, 6.07) is 0. The van der Waals surface area contributed by atoms with Crippen LogP contribution in [-0.2, 0) is 0 Å². The number of rotatable bonds is 5. The summed E-state index contributed by atoms with van der Waals surface area (Å²) in [7, 11) is 0. The maximum Gasteiger partial charge on any atom is 0.0390 e. The first-order chi connectivity index (χ1) is 4.95. The van der Waals surface area contributed by atoms with E-state index in [0.717, 1.165) is 12.3 Å². The first-order valence-corrected chi connectivity index (χ1v) is 5.02. The lowest BCUT2D eigenvalue weighted by Crippen LogP contribution is -2.09. The van der Waals surface area contributed by atoms with Crippen LogP contribution in [0.15, 0.2) is 0 Å². The third-order valence-electron chi connectivity index (χ3n) is 2.17. The summed E-state index contributed by atoms with van der Waals surface area (Å²) in [6.07, 6.45) is 5.03. The first-order valence-electron chi connectivity index (χ1n) is 4.64. The van der Waals surface area contributed by atoms with Gasteiger partial charge in [0.2, 0.25) is 0 Å². The summed E-state index contributed by atoms with van der Waals surface area (Å²) in [5, 5.41) is 0. The van der Waals surface area contributed by atoms with Crippen molar-refractivity contribution in [2.24, 2.45) is 5.92 Å². The number of hydrogen-bond donors (Lipinski definition) is 0. The van der Waals surface area contributed by atoms with Crippen LogP contribution >= 0.6 is 11.6 Å². The van der Waals surface area contributed by atoms with Crippen molar-refractivity contribution < 1.29 is 0 Å². The van der Waals surface area contributed by atoms with Crippen molar-refractivity contribution in [1.82, 2.24) is 0 Å². The zero-order valence-electron chi connectivity index (χ0n) is 8.28. The van der Waals surface area contributed by atoms with E-state index in [1.54, 1.807) is 0 Å². The van der Waals surface area contributed by atoms with Gasteiger partial charge in [-0.3, -0.25) is 0 Å². The second-order valence-electron chi connectivity index (χ2n) is 4.12. The molecule has 1 unspecified atom stereocenters. The molecule has 0 rings (SSSR count). The predicted octanol–water partition coefficient (Wildman–Crippen LogP) is 4.22. The normalized spacial score (nSPS) is 15.0. The molecule has 0 aromatic heterocycles. The fourth-order valence-corrected chi connectivity index (χ4v) is 1.21. The molecule has 0 aromatic carbocycles. The van der Waals surface area contributed by atoms with Gasteiger partial charge in [0.1, 0.15) is 0 Å². The van der Waals surface area contributed by atoms with Crippen LogP contribution in [0.2, 0.25) is 0 Å². The third kappa shape index (κ3) is 8.19. The molecular weight excluding hydrogens is 156 g/mol. The Labute approximate surface area is 76.3 Å². The maximum atomic E-state index is 6.06. The Balaban J connectivity index is 3.28. The van der Waals surface area contributed by atoms with Gasteiger partial charge in [0.15, 0.2) is 0 Å². The number of alkyl halides is 1. The largest absolute Gasteiger partial charge is 0.120 e. The van der Waals surface area contributed by atoms with Crippen molar-refractivity contribution in [3.05, 3.63) is 0 Å². The number of halogens is 1. The van der Waals surface area contributed by atoms with Gasteiger partial charge in [-0.1, -0.05) is 33.1 Å². The quantitative estimate of drug-likeness (QED) is 0.551. The van der Waals surface area contributed by atoms with Crippen LogP contribution < -0.4 is 0 Å². The molecule has 0 amide bonds. The van der Waals surface area contributed by atoms with E-state index in [0.29, 0.717) is 0 Å². The van der Waals surface area contributed by atoms with Gasteiger partial charge in [0.05, 0.1) is 0 Å². The van der Waals surface area contributed by atoms with Crippen molar-refractivity contribution in [1.29, 1.82) is 0 Å². The molecule has 1 atom stereocenters. The average molecular weight is 177 g/mol. The fraction of sp³-hybridized carbons (Fsp3) is 1.00. The highest BCUT2D eigenvalue weighted by Gasteiger charge is 2.12. The molecule has 0 aliphatic heterocycles. The van der Waals surface area contributed by atoms with Crippen LogP contribution in [0.1, 0.15) is 53.4 Å². The molecule has 0 bridgehead atoms. The Morgan fingerprint density at radius 2 is 1.91 bits per heavy atom. The molecule has 0 saturated carbocycles. The Hall–Kier alpha value is 0.290. The van der Waals surface area contributed by atoms with Crippen LogP contribution in [0.3, 0.4) is 0 Å². The van der Waals surface area contributed by atoms with Gasteiger partial charge in [0.25, 0.3) is 0 Å². The van der Waals surface area contributed by atoms with Gasteiger partial charge < -0.3 is 0 Å². The van der Waals surface area contributed by atoms with E-state index in [-0.39, 0.29) is 4.87 Å². The smallest absolute Gasteiger partial charge is 0.0390 e. The van der Waals surface area contributed by atoms with E-state index in [9.17, 15) is 0 Å². The molecule has 0 spiro atoms. The molecule has 1 heteroatoms. The van der Waals surface area contributed by atoms with Gasteiger partial charge in [0, 0.05) is 4.87 Å². The highest BCUT2D eigenvalue weighted by atomic mass is 35.5. The van der Waals surface area contributed by atoms with Gasteiger partial charge in [-0.15, -0.1) is 11.6 Å². The third-order valence-corrected chi connectivity index (χ3v) is 2.35. The SMILES string of the molecule is CCC(C)CCCC(C)(C)Cl. The summed E-state index contributed by atoms with van der Waals surface area (Å²) in [4.78, 5) is 0.00740. The van der Waals surface area contributed by atoms with Gasteiger partial charge in [-0.2, -0.15) is 0 Å². The minimum atomic E-state index is 0.00740. The molecule has 68 valence electrons. The zero-order valence-corrected chi connectivity index (χ0v) is 9.04. The molecule has 0 nitrogen and oxygen atoms in total. The molecular formula is C10H21Cl. The Kier molecular flexibility index (Phi) is 5.16. The van der Waals surface area contributed by atoms with Crippen LogP contribution in [0.4, 0.5) is 0 Å². The number of hydrogen-bond acceptors (Lipinski definition) is 0. The fourth-order valence-electron chi connectivity index (χ4n) is 1.08. The second-order valence-corrected chi connectivity index (χ2v) is 5.15. The highest BCUT2D eigenvalue weighted by Crippen LogP contribution is 2.22. The summed E-state index contributed by atoms with van der Waals surface area (Å²) < 4.78 is 0. The highest BCUT2D eigenvalue weighted by molar-refractivity contribution is 6.23. The van der Waals surface area contributed by atoms with Crippen molar-refractivity contribution in [2.75, 3.05) is 0 Å². The minimum absolute atomic E-state index is 0.00740. The molecule has 0 fully saturated rings. The van der Waals surface area contributed by atoms with E-state index in [2.05, 4.69) is 27.7 Å². The summed E-state index contributed by atoms with van der Waals surface area (Å²) in [5.41, 5.74) is 0. The monoisotopic (exact) mass is 176 g/mol. The Morgan fingerprint density at radius 1 is 1.36 bits per heavy atom. The lowest BCUT2D eigenvalue weighted by atomic mass is 9.98. The molecule has 0 aromatic rings. The van der Waals surface area contributed by atoms with Crippen LogP contribution in [0, 0.1) is 5.92 Å². The van der Waals surface area contributed by atoms with Gasteiger partial charge in [-0.05, 0) is 26.2 Å². The summed E-state index contributed by atoms with van der Waals surface area (Å²) in [6.45, 7) is 8.73. The molecule has 0 aliphatic rings. The molecule has 0 heterocycles. The average Bonchev–Trinajstić information content (AvgIpc) is 1.85. The summed E-state index contributed by atoms with van der Waals surface area (Å²) in [5.74, 6) is 0.869. The summed E-state index contributed by atoms with van der Waals surface area (Å²) >= 11 is 6.06. The molecule has 0 N–H and O–H groups in total. The van der Waals surface area contributed by atoms with Crippen molar-refractivity contribution >= 4 is 11.6 Å².